The predicted molar refractivity (Wildman–Crippen MR) is 141 cm³/mol. The van der Waals surface area contributed by atoms with Crippen molar-refractivity contribution in [2.75, 3.05) is 33.9 Å². The molecule has 188 valence electrons. The van der Waals surface area contributed by atoms with Crippen LogP contribution in [0.5, 0.6) is 11.5 Å². The SMILES string of the molecule is COc1ccc(C#CCN2CC[C@@H](CCCc3ccnc4ccc(OC)cc34)[C@@H](CC(=O)O)C2)cc1. The van der Waals surface area contributed by atoms with Crippen LogP contribution in [0, 0.1) is 23.7 Å². The van der Waals surface area contributed by atoms with Crippen molar-refractivity contribution < 1.29 is 19.4 Å². The first-order valence-electron chi connectivity index (χ1n) is 12.5. The molecule has 0 amide bonds. The van der Waals surface area contributed by atoms with Crippen LogP contribution in [-0.2, 0) is 11.2 Å². The summed E-state index contributed by atoms with van der Waals surface area (Å²) in [6.45, 7) is 2.39. The van der Waals surface area contributed by atoms with Gasteiger partial charge in [0.2, 0.25) is 0 Å². The van der Waals surface area contributed by atoms with Crippen molar-refractivity contribution in [1.82, 2.24) is 9.88 Å². The molecule has 1 N–H and O–H groups in total. The number of piperidine rings is 1. The molecule has 0 unspecified atom stereocenters. The molecule has 36 heavy (non-hydrogen) atoms. The number of pyridine rings is 1. The predicted octanol–water partition coefficient (Wildman–Crippen LogP) is 5.04. The molecule has 1 fully saturated rings. The molecule has 2 aromatic carbocycles. The lowest BCUT2D eigenvalue weighted by atomic mass is 9.80. The summed E-state index contributed by atoms with van der Waals surface area (Å²) in [6.07, 6.45) is 6.07. The molecule has 6 heteroatoms. The molecule has 1 saturated heterocycles. The van der Waals surface area contributed by atoms with Gasteiger partial charge in [-0.15, -0.1) is 0 Å². The minimum Gasteiger partial charge on any atom is -0.497 e. The zero-order valence-electron chi connectivity index (χ0n) is 21.1. The Morgan fingerprint density at radius 1 is 1.08 bits per heavy atom. The quantitative estimate of drug-likeness (QED) is 0.427. The largest absolute Gasteiger partial charge is 0.497 e. The number of aromatic nitrogens is 1. The fourth-order valence-electron chi connectivity index (χ4n) is 5.14. The fourth-order valence-corrected chi connectivity index (χ4v) is 5.14. The maximum atomic E-state index is 11.6. The summed E-state index contributed by atoms with van der Waals surface area (Å²) in [6, 6.07) is 15.8. The van der Waals surface area contributed by atoms with Crippen molar-refractivity contribution in [3.8, 4) is 23.3 Å². The van der Waals surface area contributed by atoms with Gasteiger partial charge in [0, 0.05) is 30.1 Å². The molecule has 2 atom stereocenters. The highest BCUT2D eigenvalue weighted by Crippen LogP contribution is 2.31. The monoisotopic (exact) mass is 486 g/mol. The first kappa shape index (κ1) is 25.5. The highest BCUT2D eigenvalue weighted by Gasteiger charge is 2.30. The van der Waals surface area contributed by atoms with Crippen molar-refractivity contribution in [1.29, 1.82) is 0 Å². The lowest BCUT2D eigenvalue weighted by Gasteiger charge is -2.37. The van der Waals surface area contributed by atoms with E-state index < -0.39 is 5.97 Å². The molecule has 1 aliphatic rings. The number of rotatable bonds is 9. The number of hydrogen-bond acceptors (Lipinski definition) is 5. The van der Waals surface area contributed by atoms with Gasteiger partial charge >= 0.3 is 5.97 Å². The molecule has 0 radical (unpaired) electrons. The number of methoxy groups -OCH3 is 2. The first-order valence-corrected chi connectivity index (χ1v) is 12.5. The second-order valence-electron chi connectivity index (χ2n) is 9.42. The molecule has 0 saturated carbocycles. The first-order chi connectivity index (χ1) is 17.6. The Hall–Kier alpha value is -3.56. The minimum atomic E-state index is -0.719. The summed E-state index contributed by atoms with van der Waals surface area (Å²) in [5, 5.41) is 10.7. The van der Waals surface area contributed by atoms with Crippen molar-refractivity contribution >= 4 is 16.9 Å². The summed E-state index contributed by atoms with van der Waals surface area (Å²) in [4.78, 5) is 18.4. The lowest BCUT2D eigenvalue weighted by Crippen LogP contribution is -2.41. The summed E-state index contributed by atoms with van der Waals surface area (Å²) in [5.74, 6) is 7.96. The molecule has 1 aliphatic heterocycles. The Morgan fingerprint density at radius 3 is 2.61 bits per heavy atom. The third-order valence-electron chi connectivity index (χ3n) is 7.10. The molecule has 0 bridgehead atoms. The summed E-state index contributed by atoms with van der Waals surface area (Å²) in [7, 11) is 3.33. The fraction of sp³-hybridized carbons (Fsp3) is 0.400. The molecule has 0 aliphatic carbocycles. The van der Waals surface area contributed by atoms with Gasteiger partial charge < -0.3 is 14.6 Å². The number of likely N-dealkylation sites (tertiary alicyclic amines) is 1. The highest BCUT2D eigenvalue weighted by atomic mass is 16.5. The van der Waals surface area contributed by atoms with E-state index in [4.69, 9.17) is 9.47 Å². The zero-order chi connectivity index (χ0) is 25.3. The number of benzene rings is 2. The van der Waals surface area contributed by atoms with Crippen molar-refractivity contribution in [3.63, 3.8) is 0 Å². The van der Waals surface area contributed by atoms with Crippen LogP contribution in [0.1, 0.15) is 36.8 Å². The van der Waals surface area contributed by atoms with Crippen LogP contribution in [0.3, 0.4) is 0 Å². The molecule has 3 aromatic rings. The summed E-state index contributed by atoms with van der Waals surface area (Å²) >= 11 is 0. The summed E-state index contributed by atoms with van der Waals surface area (Å²) < 4.78 is 10.6. The lowest BCUT2D eigenvalue weighted by molar-refractivity contribution is -0.139. The molecule has 0 spiro atoms. The number of nitrogens with zero attached hydrogens (tertiary/aromatic N) is 2. The van der Waals surface area contributed by atoms with Gasteiger partial charge in [-0.25, -0.2) is 0 Å². The Balaban J connectivity index is 1.34. The minimum absolute atomic E-state index is 0.147. The van der Waals surface area contributed by atoms with Gasteiger partial charge in [-0.05, 0) is 98.2 Å². The molecular formula is C30H34N2O4. The van der Waals surface area contributed by atoms with E-state index in [0.29, 0.717) is 12.5 Å². The van der Waals surface area contributed by atoms with Crippen LogP contribution in [0.4, 0.5) is 0 Å². The Labute approximate surface area is 213 Å². The van der Waals surface area contributed by atoms with Gasteiger partial charge in [0.25, 0.3) is 0 Å². The van der Waals surface area contributed by atoms with E-state index in [1.54, 1.807) is 14.2 Å². The normalized spacial score (nSPS) is 17.8. The number of carboxylic acids is 1. The van der Waals surface area contributed by atoms with Crippen LogP contribution in [0.25, 0.3) is 10.9 Å². The average molecular weight is 487 g/mol. The van der Waals surface area contributed by atoms with Gasteiger partial charge in [0.05, 0.1) is 26.3 Å². The number of fused-ring (bicyclic) bond motifs is 1. The van der Waals surface area contributed by atoms with Crippen molar-refractivity contribution in [2.45, 2.75) is 32.1 Å². The zero-order valence-corrected chi connectivity index (χ0v) is 21.1. The van der Waals surface area contributed by atoms with Crippen molar-refractivity contribution in [3.05, 3.63) is 65.9 Å². The van der Waals surface area contributed by atoms with E-state index in [1.807, 2.05) is 42.6 Å². The van der Waals surface area contributed by atoms with E-state index >= 15 is 0 Å². The van der Waals surface area contributed by atoms with E-state index in [0.717, 1.165) is 66.7 Å². The van der Waals surface area contributed by atoms with Crippen LogP contribution in [0.15, 0.2) is 54.7 Å². The van der Waals surface area contributed by atoms with Crippen LogP contribution in [-0.4, -0.2) is 54.8 Å². The number of carbonyl (C=O) groups is 1. The van der Waals surface area contributed by atoms with Crippen LogP contribution in [0.2, 0.25) is 0 Å². The number of aliphatic carboxylic acids is 1. The van der Waals surface area contributed by atoms with E-state index in [2.05, 4.69) is 33.9 Å². The third kappa shape index (κ3) is 6.77. The maximum Gasteiger partial charge on any atom is 0.303 e. The Bertz CT molecular complexity index is 1230. The molecule has 6 nitrogen and oxygen atoms in total. The van der Waals surface area contributed by atoms with Gasteiger partial charge in [0.15, 0.2) is 0 Å². The molecule has 2 heterocycles. The number of aryl methyl sites for hydroxylation is 1. The maximum absolute atomic E-state index is 11.6. The van der Waals surface area contributed by atoms with Crippen LogP contribution >= 0.6 is 0 Å². The van der Waals surface area contributed by atoms with Gasteiger partial charge in [0.1, 0.15) is 11.5 Å². The van der Waals surface area contributed by atoms with Crippen molar-refractivity contribution in [2.24, 2.45) is 11.8 Å². The van der Waals surface area contributed by atoms with Gasteiger partial charge in [-0.1, -0.05) is 11.8 Å². The standard InChI is InChI=1S/C30H34N2O4/c1-35-26-10-8-22(9-11-26)5-4-17-32-18-15-23(25(21-32)19-30(33)34)6-3-7-24-14-16-31-29-13-12-27(36-2)20-28(24)29/h8-14,16,20,23,25H,3,6-7,15,17-19,21H2,1-2H3,(H,33,34)/t23-,25+/m1/s1. The number of ether oxygens (including phenoxy) is 2. The van der Waals surface area contributed by atoms with E-state index in [1.165, 1.54) is 5.56 Å². The average Bonchev–Trinajstić information content (AvgIpc) is 2.89. The summed E-state index contributed by atoms with van der Waals surface area (Å²) in [5.41, 5.74) is 3.19. The van der Waals surface area contributed by atoms with Crippen LogP contribution < -0.4 is 9.47 Å². The number of carboxylic acid groups (broad SMARTS) is 1. The third-order valence-corrected chi connectivity index (χ3v) is 7.10. The van der Waals surface area contributed by atoms with E-state index in [-0.39, 0.29) is 12.3 Å². The van der Waals surface area contributed by atoms with Gasteiger partial charge in [-0.3, -0.25) is 14.7 Å². The highest BCUT2D eigenvalue weighted by molar-refractivity contribution is 5.83. The Kier molecular flexibility index (Phi) is 8.80. The second kappa shape index (κ2) is 12.4. The topological polar surface area (TPSA) is 71.9 Å². The molecular weight excluding hydrogens is 452 g/mol. The Morgan fingerprint density at radius 2 is 1.86 bits per heavy atom. The van der Waals surface area contributed by atoms with Gasteiger partial charge in [-0.2, -0.15) is 0 Å². The van der Waals surface area contributed by atoms with E-state index in [9.17, 15) is 9.90 Å². The molecule has 4 rings (SSSR count). The molecule has 1 aromatic heterocycles. The number of hydrogen-bond donors (Lipinski definition) is 1. The smallest absolute Gasteiger partial charge is 0.303 e. The second-order valence-corrected chi connectivity index (χ2v) is 9.42.